The maximum Gasteiger partial charge on any atom is 0.234 e. The Morgan fingerprint density at radius 3 is 2.50 bits per heavy atom. The molecule has 1 rings (SSSR count). The van der Waals surface area contributed by atoms with Gasteiger partial charge in [-0.2, -0.15) is 0 Å². The lowest BCUT2D eigenvalue weighted by atomic mass is 10.1. The normalized spacial score (nSPS) is 10.7. The molecule has 100 valence electrons. The number of thioether (sulfide) groups is 1. The van der Waals surface area contributed by atoms with Gasteiger partial charge >= 0.3 is 0 Å². The second-order valence-electron chi connectivity index (χ2n) is 4.46. The van der Waals surface area contributed by atoms with Crippen LogP contribution in [0.15, 0.2) is 29.2 Å². The second-order valence-corrected chi connectivity index (χ2v) is 6.11. The molecule has 0 atom stereocenters. The Labute approximate surface area is 114 Å². The predicted octanol–water partition coefficient (Wildman–Crippen LogP) is 2.76. The summed E-state index contributed by atoms with van der Waals surface area (Å²) in [6, 6.07) is 8.63. The molecule has 0 unspecified atom stereocenters. The number of aryl methyl sites for hydroxylation is 1. The Morgan fingerprint density at radius 1 is 1.28 bits per heavy atom. The van der Waals surface area contributed by atoms with Crippen molar-refractivity contribution in [3.8, 4) is 0 Å². The lowest BCUT2D eigenvalue weighted by Gasteiger charge is -2.06. The average Bonchev–Trinajstić information content (AvgIpc) is 2.31. The lowest BCUT2D eigenvalue weighted by molar-refractivity contribution is -0.122. The molecule has 0 heterocycles. The Kier molecular flexibility index (Phi) is 6.83. The first kappa shape index (κ1) is 15.1. The van der Waals surface area contributed by atoms with Crippen LogP contribution in [0.5, 0.6) is 0 Å². The number of nitrogens with one attached hydrogen (secondary N) is 2. The van der Waals surface area contributed by atoms with E-state index in [1.165, 1.54) is 10.5 Å². The first-order valence-electron chi connectivity index (χ1n) is 6.33. The van der Waals surface area contributed by atoms with Gasteiger partial charge in [-0.15, -0.1) is 11.8 Å². The van der Waals surface area contributed by atoms with Crippen molar-refractivity contribution in [3.63, 3.8) is 0 Å². The highest BCUT2D eigenvalue weighted by atomic mass is 32.2. The van der Waals surface area contributed by atoms with Gasteiger partial charge in [0.2, 0.25) is 5.91 Å². The number of hydrogen-bond acceptors (Lipinski definition) is 3. The summed E-state index contributed by atoms with van der Waals surface area (Å²) >= 11 is 1.87. The van der Waals surface area contributed by atoms with Gasteiger partial charge in [-0.1, -0.05) is 26.0 Å². The Morgan fingerprint density at radius 2 is 1.94 bits per heavy atom. The van der Waals surface area contributed by atoms with Crippen LogP contribution in [0.4, 0.5) is 0 Å². The van der Waals surface area contributed by atoms with Crippen molar-refractivity contribution < 1.29 is 4.79 Å². The van der Waals surface area contributed by atoms with E-state index in [1.807, 2.05) is 11.8 Å². The Hall–Kier alpha value is -1.00. The fourth-order valence-corrected chi connectivity index (χ4v) is 2.50. The maximum atomic E-state index is 11.2. The minimum Gasteiger partial charge on any atom is -0.292 e. The summed E-state index contributed by atoms with van der Waals surface area (Å²) in [5.74, 6) is 0.0458. The van der Waals surface area contributed by atoms with E-state index >= 15 is 0 Å². The zero-order valence-electron chi connectivity index (χ0n) is 11.3. The third kappa shape index (κ3) is 6.07. The van der Waals surface area contributed by atoms with Crippen molar-refractivity contribution in [2.45, 2.75) is 43.3 Å². The SMILES string of the molecule is CNNC(=O)CCCc1ccc(SC(C)C)cc1. The number of benzene rings is 1. The summed E-state index contributed by atoms with van der Waals surface area (Å²) in [7, 11) is 1.70. The third-order valence-corrected chi connectivity index (χ3v) is 3.44. The van der Waals surface area contributed by atoms with E-state index in [0.717, 1.165) is 12.8 Å². The fourth-order valence-electron chi connectivity index (χ4n) is 1.66. The molecule has 0 aliphatic rings. The van der Waals surface area contributed by atoms with Gasteiger partial charge < -0.3 is 0 Å². The van der Waals surface area contributed by atoms with Crippen LogP contribution in [0.3, 0.4) is 0 Å². The molecule has 2 N–H and O–H groups in total. The van der Waals surface area contributed by atoms with Crippen LogP contribution in [0.25, 0.3) is 0 Å². The molecule has 1 aromatic carbocycles. The van der Waals surface area contributed by atoms with E-state index in [0.29, 0.717) is 11.7 Å². The minimum absolute atomic E-state index is 0.0458. The summed E-state index contributed by atoms with van der Waals surface area (Å²) in [6.45, 7) is 4.39. The van der Waals surface area contributed by atoms with E-state index in [1.54, 1.807) is 7.05 Å². The topological polar surface area (TPSA) is 41.1 Å². The van der Waals surface area contributed by atoms with Crippen molar-refractivity contribution in [1.29, 1.82) is 0 Å². The summed E-state index contributed by atoms with van der Waals surface area (Å²) in [4.78, 5) is 12.5. The highest BCUT2D eigenvalue weighted by Gasteiger charge is 2.01. The summed E-state index contributed by atoms with van der Waals surface area (Å²) < 4.78 is 0. The molecule has 0 spiro atoms. The van der Waals surface area contributed by atoms with Crippen molar-refractivity contribution in [2.75, 3.05) is 7.05 Å². The van der Waals surface area contributed by atoms with Gasteiger partial charge in [-0.05, 0) is 30.5 Å². The van der Waals surface area contributed by atoms with Crippen LogP contribution in [-0.4, -0.2) is 18.2 Å². The molecule has 0 aromatic heterocycles. The van der Waals surface area contributed by atoms with Crippen LogP contribution in [0, 0.1) is 0 Å². The number of rotatable bonds is 7. The van der Waals surface area contributed by atoms with Gasteiger partial charge in [-0.3, -0.25) is 10.2 Å². The Balaban J connectivity index is 2.33. The largest absolute Gasteiger partial charge is 0.292 e. The molecular weight excluding hydrogens is 244 g/mol. The average molecular weight is 266 g/mol. The highest BCUT2D eigenvalue weighted by molar-refractivity contribution is 7.99. The second kappa shape index (κ2) is 8.16. The number of hydrazine groups is 1. The molecule has 0 saturated heterocycles. The van der Waals surface area contributed by atoms with E-state index < -0.39 is 0 Å². The zero-order valence-corrected chi connectivity index (χ0v) is 12.1. The standard InChI is InChI=1S/C14H22N2OS/c1-11(2)18-13-9-7-12(8-10-13)5-4-6-14(17)16-15-3/h7-11,15H,4-6H2,1-3H3,(H,16,17). The molecule has 0 fully saturated rings. The number of hydrogen-bond donors (Lipinski definition) is 2. The third-order valence-electron chi connectivity index (χ3n) is 2.43. The van der Waals surface area contributed by atoms with Crippen LogP contribution in [-0.2, 0) is 11.2 Å². The summed E-state index contributed by atoms with van der Waals surface area (Å²) in [6.07, 6.45) is 2.39. The number of carbonyl (C=O) groups is 1. The van der Waals surface area contributed by atoms with Gasteiger partial charge in [0, 0.05) is 23.6 Å². The monoisotopic (exact) mass is 266 g/mol. The van der Waals surface area contributed by atoms with Crippen molar-refractivity contribution in [3.05, 3.63) is 29.8 Å². The number of carbonyl (C=O) groups excluding carboxylic acids is 1. The van der Waals surface area contributed by atoms with Crippen LogP contribution >= 0.6 is 11.8 Å². The Bertz CT molecular complexity index is 363. The molecule has 0 aliphatic carbocycles. The van der Waals surface area contributed by atoms with Gasteiger partial charge in [-0.25, -0.2) is 5.43 Å². The summed E-state index contributed by atoms with van der Waals surface area (Å²) in [5.41, 5.74) is 6.50. The van der Waals surface area contributed by atoms with Crippen molar-refractivity contribution in [1.82, 2.24) is 10.9 Å². The molecule has 0 aliphatic heterocycles. The van der Waals surface area contributed by atoms with Crippen LogP contribution in [0.2, 0.25) is 0 Å². The zero-order chi connectivity index (χ0) is 13.4. The van der Waals surface area contributed by atoms with E-state index in [2.05, 4.69) is 49.0 Å². The van der Waals surface area contributed by atoms with Crippen LogP contribution < -0.4 is 10.9 Å². The molecular formula is C14H22N2OS. The smallest absolute Gasteiger partial charge is 0.234 e. The van der Waals surface area contributed by atoms with E-state index in [4.69, 9.17) is 0 Å². The quantitative estimate of drug-likeness (QED) is 0.589. The first-order chi connectivity index (χ1) is 8.61. The van der Waals surface area contributed by atoms with Crippen LogP contribution in [0.1, 0.15) is 32.3 Å². The molecule has 1 aromatic rings. The molecule has 18 heavy (non-hydrogen) atoms. The molecule has 3 nitrogen and oxygen atoms in total. The fraction of sp³-hybridized carbons (Fsp3) is 0.500. The predicted molar refractivity (Wildman–Crippen MR) is 77.6 cm³/mol. The van der Waals surface area contributed by atoms with Gasteiger partial charge in [0.05, 0.1) is 0 Å². The molecule has 4 heteroatoms. The van der Waals surface area contributed by atoms with E-state index in [-0.39, 0.29) is 5.91 Å². The van der Waals surface area contributed by atoms with Crippen molar-refractivity contribution >= 4 is 17.7 Å². The van der Waals surface area contributed by atoms with Gasteiger partial charge in [0.15, 0.2) is 0 Å². The maximum absolute atomic E-state index is 11.2. The number of amides is 1. The molecule has 0 bridgehead atoms. The molecule has 1 amide bonds. The molecule has 0 saturated carbocycles. The lowest BCUT2D eigenvalue weighted by Crippen LogP contribution is -2.33. The van der Waals surface area contributed by atoms with E-state index in [9.17, 15) is 4.79 Å². The van der Waals surface area contributed by atoms with Gasteiger partial charge in [0.25, 0.3) is 0 Å². The summed E-state index contributed by atoms with van der Waals surface area (Å²) in [5, 5.41) is 0.612. The molecule has 0 radical (unpaired) electrons. The first-order valence-corrected chi connectivity index (χ1v) is 7.21. The van der Waals surface area contributed by atoms with Gasteiger partial charge in [0.1, 0.15) is 0 Å². The van der Waals surface area contributed by atoms with Crippen molar-refractivity contribution in [2.24, 2.45) is 0 Å². The highest BCUT2D eigenvalue weighted by Crippen LogP contribution is 2.23. The minimum atomic E-state index is 0.0458.